The number of nitro benzene ring substituents is 1. The minimum absolute atomic E-state index is 0.0252. The molecule has 2 aliphatic heterocycles. The molecule has 2 aromatic carbocycles. The lowest BCUT2D eigenvalue weighted by molar-refractivity contribution is -0.384. The molecule has 2 aromatic rings. The summed E-state index contributed by atoms with van der Waals surface area (Å²) >= 11 is 0. The van der Waals surface area contributed by atoms with Crippen LogP contribution in [0, 0.1) is 10.1 Å². The predicted octanol–water partition coefficient (Wildman–Crippen LogP) is 1.93. The van der Waals surface area contributed by atoms with Crippen molar-refractivity contribution in [3.05, 3.63) is 63.7 Å². The van der Waals surface area contributed by atoms with E-state index >= 15 is 0 Å². The van der Waals surface area contributed by atoms with Crippen molar-refractivity contribution in [1.82, 2.24) is 15.1 Å². The highest BCUT2D eigenvalue weighted by molar-refractivity contribution is 5.96. The first kappa shape index (κ1) is 24.5. The fourth-order valence-corrected chi connectivity index (χ4v) is 4.53. The van der Waals surface area contributed by atoms with Crippen molar-refractivity contribution in [2.45, 2.75) is 12.8 Å². The van der Waals surface area contributed by atoms with Gasteiger partial charge in [0.15, 0.2) is 0 Å². The molecule has 1 N–H and O–H groups in total. The summed E-state index contributed by atoms with van der Waals surface area (Å²) in [6, 6.07) is 12.1. The number of piperazine rings is 1. The van der Waals surface area contributed by atoms with Crippen molar-refractivity contribution in [3.63, 3.8) is 0 Å². The Morgan fingerprint density at radius 2 is 1.71 bits per heavy atom. The summed E-state index contributed by atoms with van der Waals surface area (Å²) in [7, 11) is 1.60. The second-order valence-corrected chi connectivity index (χ2v) is 8.75. The number of rotatable bonds is 6. The van der Waals surface area contributed by atoms with Gasteiger partial charge in [-0.25, -0.2) is 0 Å². The van der Waals surface area contributed by atoms with Crippen LogP contribution >= 0.6 is 0 Å². The van der Waals surface area contributed by atoms with Crippen LogP contribution in [-0.2, 0) is 11.2 Å². The number of hydrogen-bond donors (Lipinski definition) is 1. The first-order valence-electron chi connectivity index (χ1n) is 11.9. The van der Waals surface area contributed by atoms with Crippen molar-refractivity contribution >= 4 is 23.2 Å². The zero-order chi connectivity index (χ0) is 24.8. The Morgan fingerprint density at radius 3 is 2.40 bits per heavy atom. The molecule has 0 spiro atoms. The number of benzene rings is 2. The van der Waals surface area contributed by atoms with Crippen molar-refractivity contribution in [1.29, 1.82) is 0 Å². The summed E-state index contributed by atoms with van der Waals surface area (Å²) < 4.78 is 5.15. The van der Waals surface area contributed by atoms with Gasteiger partial charge in [-0.2, -0.15) is 0 Å². The molecule has 0 bridgehead atoms. The van der Waals surface area contributed by atoms with Crippen LogP contribution in [0.25, 0.3) is 0 Å². The average molecular weight is 482 g/mol. The number of nitrogens with zero attached hydrogens (tertiary/aromatic N) is 4. The highest BCUT2D eigenvalue weighted by Gasteiger charge is 2.28. The van der Waals surface area contributed by atoms with E-state index < -0.39 is 4.92 Å². The number of carbonyl (C=O) groups is 2. The van der Waals surface area contributed by atoms with Crippen LogP contribution in [0.2, 0.25) is 0 Å². The molecule has 2 heterocycles. The molecule has 2 fully saturated rings. The first-order chi connectivity index (χ1) is 17.0. The van der Waals surface area contributed by atoms with Crippen LogP contribution in [0.15, 0.2) is 42.5 Å². The summed E-state index contributed by atoms with van der Waals surface area (Å²) in [5.41, 5.74) is 1.64. The first-order valence-corrected chi connectivity index (χ1v) is 11.9. The molecule has 0 aliphatic carbocycles. The summed E-state index contributed by atoms with van der Waals surface area (Å²) in [6.07, 6.45) is 1.15. The number of carbonyl (C=O) groups excluding carboxylic acids is 2. The molecular formula is C25H31N5O5. The highest BCUT2D eigenvalue weighted by atomic mass is 16.6. The van der Waals surface area contributed by atoms with E-state index in [1.165, 1.54) is 6.07 Å². The average Bonchev–Trinajstić information content (AvgIpc) is 3.18. The lowest BCUT2D eigenvalue weighted by Crippen LogP contribution is -2.49. The molecule has 2 amide bonds. The number of hydrogen-bond acceptors (Lipinski definition) is 7. The second kappa shape index (κ2) is 11.2. The van der Waals surface area contributed by atoms with E-state index in [-0.39, 0.29) is 17.5 Å². The Bertz CT molecular complexity index is 1060. The number of nitro groups is 1. The predicted molar refractivity (Wildman–Crippen MR) is 132 cm³/mol. The zero-order valence-corrected chi connectivity index (χ0v) is 19.9. The molecule has 10 nitrogen and oxygen atoms in total. The topological polar surface area (TPSA) is 108 Å². The largest absolute Gasteiger partial charge is 0.497 e. The molecule has 0 radical (unpaired) electrons. The monoisotopic (exact) mass is 481 g/mol. The molecule has 35 heavy (non-hydrogen) atoms. The number of anilines is 1. The molecule has 10 heteroatoms. The SMILES string of the molecule is COc1ccc(CC(=O)N2CCN(c3ccc(C(=O)N4CCCNCC4)cc3[N+](=O)[O-])CC2)cc1. The van der Waals surface area contributed by atoms with E-state index in [0.717, 1.165) is 24.3 Å². The Labute approximate surface area is 204 Å². The van der Waals surface area contributed by atoms with E-state index in [2.05, 4.69) is 5.32 Å². The van der Waals surface area contributed by atoms with E-state index in [1.54, 1.807) is 29.0 Å². The van der Waals surface area contributed by atoms with Gasteiger partial charge in [0, 0.05) is 57.4 Å². The molecule has 186 valence electrons. The Balaban J connectivity index is 1.40. The third-order valence-electron chi connectivity index (χ3n) is 6.53. The van der Waals surface area contributed by atoms with Gasteiger partial charge in [-0.3, -0.25) is 19.7 Å². The van der Waals surface area contributed by atoms with Crippen molar-refractivity contribution in [2.24, 2.45) is 0 Å². The van der Waals surface area contributed by atoms with E-state index in [1.807, 2.05) is 29.2 Å². The molecule has 0 atom stereocenters. The summed E-state index contributed by atoms with van der Waals surface area (Å²) in [6.45, 7) is 4.72. The van der Waals surface area contributed by atoms with Crippen LogP contribution in [0.3, 0.4) is 0 Å². The maximum absolute atomic E-state index is 12.9. The maximum atomic E-state index is 12.9. The number of methoxy groups -OCH3 is 1. The molecule has 2 aliphatic rings. The molecule has 0 aromatic heterocycles. The normalized spacial score (nSPS) is 16.5. The quantitative estimate of drug-likeness (QED) is 0.496. The Hall–Kier alpha value is -3.66. The van der Waals surface area contributed by atoms with Gasteiger partial charge in [-0.1, -0.05) is 12.1 Å². The summed E-state index contributed by atoms with van der Waals surface area (Å²) in [5, 5.41) is 15.1. The van der Waals surface area contributed by atoms with Gasteiger partial charge < -0.3 is 24.8 Å². The van der Waals surface area contributed by atoms with Gasteiger partial charge in [0.1, 0.15) is 11.4 Å². The summed E-state index contributed by atoms with van der Waals surface area (Å²) in [4.78, 5) is 42.6. The Kier molecular flexibility index (Phi) is 7.81. The summed E-state index contributed by atoms with van der Waals surface area (Å²) in [5.74, 6) is 0.585. The fraction of sp³-hybridized carbons (Fsp3) is 0.440. The van der Waals surface area contributed by atoms with Gasteiger partial charge in [0.2, 0.25) is 5.91 Å². The van der Waals surface area contributed by atoms with Crippen LogP contribution in [0.1, 0.15) is 22.3 Å². The van der Waals surface area contributed by atoms with Crippen molar-refractivity contribution < 1.29 is 19.2 Å². The molecule has 2 saturated heterocycles. The van der Waals surface area contributed by atoms with E-state index in [4.69, 9.17) is 4.74 Å². The minimum atomic E-state index is -0.433. The minimum Gasteiger partial charge on any atom is -0.497 e. The number of nitrogens with one attached hydrogen (secondary N) is 1. The Morgan fingerprint density at radius 1 is 0.971 bits per heavy atom. The zero-order valence-electron chi connectivity index (χ0n) is 19.9. The van der Waals surface area contributed by atoms with Crippen LogP contribution < -0.4 is 15.0 Å². The van der Waals surface area contributed by atoms with Crippen LogP contribution in [0.4, 0.5) is 11.4 Å². The van der Waals surface area contributed by atoms with Crippen molar-refractivity contribution in [2.75, 3.05) is 64.4 Å². The van der Waals surface area contributed by atoms with E-state index in [0.29, 0.717) is 63.5 Å². The third kappa shape index (κ3) is 5.89. The van der Waals surface area contributed by atoms with Gasteiger partial charge >= 0.3 is 0 Å². The molecule has 0 unspecified atom stereocenters. The lowest BCUT2D eigenvalue weighted by Gasteiger charge is -2.36. The molecule has 4 rings (SSSR count). The third-order valence-corrected chi connectivity index (χ3v) is 6.53. The lowest BCUT2D eigenvalue weighted by atomic mass is 10.1. The highest BCUT2D eigenvalue weighted by Crippen LogP contribution is 2.31. The number of amides is 2. The van der Waals surface area contributed by atoms with E-state index in [9.17, 15) is 19.7 Å². The van der Waals surface area contributed by atoms with Crippen LogP contribution in [0.5, 0.6) is 5.75 Å². The van der Waals surface area contributed by atoms with Gasteiger partial charge in [0.05, 0.1) is 18.5 Å². The van der Waals surface area contributed by atoms with Gasteiger partial charge in [-0.05, 0) is 42.8 Å². The fourth-order valence-electron chi connectivity index (χ4n) is 4.53. The number of ether oxygens (including phenoxy) is 1. The van der Waals surface area contributed by atoms with Gasteiger partial charge in [0.25, 0.3) is 11.6 Å². The van der Waals surface area contributed by atoms with Gasteiger partial charge in [-0.15, -0.1) is 0 Å². The smallest absolute Gasteiger partial charge is 0.293 e. The molecule has 0 saturated carbocycles. The van der Waals surface area contributed by atoms with Crippen molar-refractivity contribution in [3.8, 4) is 5.75 Å². The van der Waals surface area contributed by atoms with Crippen LogP contribution in [-0.4, -0.2) is 86.0 Å². The maximum Gasteiger partial charge on any atom is 0.293 e. The second-order valence-electron chi connectivity index (χ2n) is 8.75. The standard InChI is InChI=1S/C25H31N5O5/c1-35-21-6-3-19(4-7-21)17-24(31)28-15-13-27(14-16-28)22-8-5-20(18-23(22)30(33)34)25(32)29-11-2-9-26-10-12-29/h3-8,18,26H,2,9-17H2,1H3. The molecular weight excluding hydrogens is 450 g/mol.